The zero-order valence-electron chi connectivity index (χ0n) is 9.88. The molecule has 2 atom stereocenters. The van der Waals surface area contributed by atoms with Crippen molar-refractivity contribution in [3.63, 3.8) is 0 Å². The van der Waals surface area contributed by atoms with Crippen molar-refractivity contribution in [2.24, 2.45) is 0 Å². The number of halogens is 3. The molecule has 2 unspecified atom stereocenters. The monoisotopic (exact) mass is 369 g/mol. The summed E-state index contributed by atoms with van der Waals surface area (Å²) in [7, 11) is 1.87. The van der Waals surface area contributed by atoms with Crippen LogP contribution < -0.4 is 5.32 Å². The third-order valence-electron chi connectivity index (χ3n) is 2.92. The van der Waals surface area contributed by atoms with Crippen molar-refractivity contribution < 1.29 is 4.39 Å². The van der Waals surface area contributed by atoms with E-state index in [1.165, 1.54) is 5.75 Å². The Kier molecular flexibility index (Phi) is 5.69. The molecule has 1 aliphatic rings. The number of hydrogen-bond acceptors (Lipinski definition) is 3. The van der Waals surface area contributed by atoms with Crippen LogP contribution in [-0.2, 0) is 0 Å². The quantitative estimate of drug-likeness (QED) is 0.794. The number of nitrogens with one attached hydrogen (secondary N) is 1. The van der Waals surface area contributed by atoms with Crippen molar-refractivity contribution in [1.82, 2.24) is 5.32 Å². The van der Waals surface area contributed by atoms with E-state index in [-0.39, 0.29) is 16.9 Å². The molecule has 100 valence electrons. The summed E-state index contributed by atoms with van der Waals surface area (Å²) in [6.07, 6.45) is 0. The highest BCUT2D eigenvalue weighted by Crippen LogP contribution is 2.37. The molecule has 1 nitrogen and oxygen atoms in total. The molecule has 0 bridgehead atoms. The van der Waals surface area contributed by atoms with E-state index in [0.29, 0.717) is 15.3 Å². The molecule has 0 aromatic heterocycles. The first kappa shape index (κ1) is 15.0. The number of rotatable bonds is 3. The van der Waals surface area contributed by atoms with Gasteiger partial charge in [-0.15, -0.1) is 0 Å². The summed E-state index contributed by atoms with van der Waals surface area (Å²) in [5.41, 5.74) is 0.658. The standard InChI is InChI=1S/C12H14BrClFNS2/c1-16-12(9-6-17-4-5-18-9)7-2-3-8(13)10(14)11(7)15/h2-3,9,12,16H,4-6H2,1H3. The molecule has 0 saturated carbocycles. The Labute approximate surface area is 129 Å². The Balaban J connectivity index is 2.29. The molecule has 2 rings (SSSR count). The molecule has 1 aromatic carbocycles. The van der Waals surface area contributed by atoms with E-state index in [1.807, 2.05) is 42.7 Å². The lowest BCUT2D eigenvalue weighted by Gasteiger charge is -2.30. The molecule has 1 saturated heterocycles. The summed E-state index contributed by atoms with van der Waals surface area (Å²) in [4.78, 5) is 0. The molecule has 0 aliphatic carbocycles. The van der Waals surface area contributed by atoms with E-state index in [4.69, 9.17) is 11.6 Å². The minimum absolute atomic E-state index is 0.00778. The van der Waals surface area contributed by atoms with Crippen LogP contribution in [0.3, 0.4) is 0 Å². The van der Waals surface area contributed by atoms with Gasteiger partial charge in [-0.2, -0.15) is 23.5 Å². The molecule has 0 radical (unpaired) electrons. The van der Waals surface area contributed by atoms with Gasteiger partial charge < -0.3 is 5.32 Å². The van der Waals surface area contributed by atoms with Crippen LogP contribution in [0.5, 0.6) is 0 Å². The molecule has 1 fully saturated rings. The average Bonchev–Trinajstić information content (AvgIpc) is 2.41. The normalized spacial score (nSPS) is 21.9. The van der Waals surface area contributed by atoms with Gasteiger partial charge in [-0.25, -0.2) is 4.39 Å². The Morgan fingerprint density at radius 3 is 2.89 bits per heavy atom. The van der Waals surface area contributed by atoms with Gasteiger partial charge in [-0.3, -0.25) is 0 Å². The first-order valence-corrected chi connectivity index (χ1v) is 9.02. The molecule has 18 heavy (non-hydrogen) atoms. The van der Waals surface area contributed by atoms with Crippen LogP contribution in [0.4, 0.5) is 4.39 Å². The Morgan fingerprint density at radius 2 is 2.28 bits per heavy atom. The summed E-state index contributed by atoms with van der Waals surface area (Å²) >= 11 is 13.0. The van der Waals surface area contributed by atoms with Crippen molar-refractivity contribution in [2.75, 3.05) is 24.3 Å². The molecule has 1 aromatic rings. The molecule has 1 N–H and O–H groups in total. The summed E-state index contributed by atoms with van der Waals surface area (Å²) < 4.78 is 14.8. The fourth-order valence-corrected chi connectivity index (χ4v) is 5.40. The molecular formula is C12H14BrClFNS2. The van der Waals surface area contributed by atoms with Gasteiger partial charge in [0.25, 0.3) is 0 Å². The Bertz CT molecular complexity index is 427. The highest BCUT2D eigenvalue weighted by Gasteiger charge is 2.28. The fraction of sp³-hybridized carbons (Fsp3) is 0.500. The maximum Gasteiger partial charge on any atom is 0.147 e. The van der Waals surface area contributed by atoms with Crippen molar-refractivity contribution in [3.8, 4) is 0 Å². The van der Waals surface area contributed by atoms with Gasteiger partial charge in [0, 0.05) is 38.6 Å². The SMILES string of the molecule is CNC(c1ccc(Br)c(Cl)c1F)C1CSCCS1. The van der Waals surface area contributed by atoms with E-state index in [0.717, 1.165) is 11.5 Å². The van der Waals surface area contributed by atoms with Crippen molar-refractivity contribution >= 4 is 51.1 Å². The summed E-state index contributed by atoms with van der Waals surface area (Å²) in [6.45, 7) is 0. The molecule has 0 amide bonds. The zero-order chi connectivity index (χ0) is 13.1. The van der Waals surface area contributed by atoms with Gasteiger partial charge >= 0.3 is 0 Å². The predicted molar refractivity (Wildman–Crippen MR) is 84.5 cm³/mol. The lowest BCUT2D eigenvalue weighted by Crippen LogP contribution is -2.32. The minimum Gasteiger partial charge on any atom is -0.312 e. The van der Waals surface area contributed by atoms with Crippen molar-refractivity contribution in [3.05, 3.63) is 33.0 Å². The van der Waals surface area contributed by atoms with Crippen LogP contribution in [0, 0.1) is 5.82 Å². The predicted octanol–water partition coefficient (Wildman–Crippen LogP) is 4.35. The average molecular weight is 371 g/mol. The fourth-order valence-electron chi connectivity index (χ4n) is 2.02. The maximum absolute atomic E-state index is 14.2. The van der Waals surface area contributed by atoms with E-state index >= 15 is 0 Å². The highest BCUT2D eigenvalue weighted by atomic mass is 79.9. The first-order chi connectivity index (χ1) is 8.65. The van der Waals surface area contributed by atoms with E-state index in [1.54, 1.807) is 0 Å². The molecular weight excluding hydrogens is 357 g/mol. The number of thioether (sulfide) groups is 2. The van der Waals surface area contributed by atoms with Crippen LogP contribution in [0.1, 0.15) is 11.6 Å². The largest absolute Gasteiger partial charge is 0.312 e. The topological polar surface area (TPSA) is 12.0 Å². The Morgan fingerprint density at radius 1 is 1.50 bits per heavy atom. The number of hydrogen-bond donors (Lipinski definition) is 1. The third kappa shape index (κ3) is 3.18. The molecule has 6 heteroatoms. The van der Waals surface area contributed by atoms with Gasteiger partial charge in [-0.1, -0.05) is 17.7 Å². The minimum atomic E-state index is -0.318. The second-order valence-corrected chi connectivity index (χ2v) is 7.74. The Hall–Kier alpha value is 0.580. The van der Waals surface area contributed by atoms with Crippen LogP contribution in [-0.4, -0.2) is 29.6 Å². The van der Waals surface area contributed by atoms with Crippen LogP contribution >= 0.6 is 51.1 Å². The third-order valence-corrected chi connectivity index (χ3v) is 7.05. The summed E-state index contributed by atoms with van der Waals surface area (Å²) in [5, 5.41) is 3.78. The highest BCUT2D eigenvalue weighted by molar-refractivity contribution is 9.10. The van der Waals surface area contributed by atoms with Gasteiger partial charge in [0.15, 0.2) is 0 Å². The van der Waals surface area contributed by atoms with Crippen molar-refractivity contribution in [2.45, 2.75) is 11.3 Å². The first-order valence-electron chi connectivity index (χ1n) is 5.65. The van der Waals surface area contributed by atoms with Gasteiger partial charge in [0.2, 0.25) is 0 Å². The van der Waals surface area contributed by atoms with Crippen LogP contribution in [0.25, 0.3) is 0 Å². The van der Waals surface area contributed by atoms with E-state index in [2.05, 4.69) is 21.2 Å². The summed E-state index contributed by atoms with van der Waals surface area (Å²) in [6, 6.07) is 3.63. The maximum atomic E-state index is 14.2. The second kappa shape index (κ2) is 6.84. The van der Waals surface area contributed by atoms with Gasteiger partial charge in [0.1, 0.15) is 5.82 Å². The summed E-state index contributed by atoms with van der Waals surface area (Å²) in [5.74, 6) is 3.03. The van der Waals surface area contributed by atoms with E-state index in [9.17, 15) is 4.39 Å². The lowest BCUT2D eigenvalue weighted by molar-refractivity contribution is 0.534. The van der Waals surface area contributed by atoms with Crippen LogP contribution in [0.2, 0.25) is 5.02 Å². The molecule has 1 heterocycles. The van der Waals surface area contributed by atoms with Crippen molar-refractivity contribution in [1.29, 1.82) is 0 Å². The lowest BCUT2D eigenvalue weighted by atomic mass is 10.0. The molecule has 0 spiro atoms. The second-order valence-electron chi connectivity index (χ2n) is 4.02. The smallest absolute Gasteiger partial charge is 0.147 e. The molecule has 1 aliphatic heterocycles. The van der Waals surface area contributed by atoms with Gasteiger partial charge in [0.05, 0.1) is 5.02 Å². The van der Waals surface area contributed by atoms with Gasteiger partial charge in [-0.05, 0) is 29.0 Å². The zero-order valence-corrected chi connectivity index (χ0v) is 13.9. The number of benzene rings is 1. The van der Waals surface area contributed by atoms with Crippen LogP contribution in [0.15, 0.2) is 16.6 Å². The van der Waals surface area contributed by atoms with E-state index < -0.39 is 0 Å².